The molecule has 1 atom stereocenters. The number of carbonyl (C=O) groups excluding carboxylic acids is 1. The van der Waals surface area contributed by atoms with Crippen LogP contribution in [0.5, 0.6) is 0 Å². The molecule has 0 radical (unpaired) electrons. The lowest BCUT2D eigenvalue weighted by Gasteiger charge is -2.16. The molecule has 0 spiro atoms. The number of benzene rings is 1. The second-order valence-electron chi connectivity index (χ2n) is 3.74. The summed E-state index contributed by atoms with van der Waals surface area (Å²) in [6.07, 6.45) is 2.96. The Bertz CT molecular complexity index is 398. The molecule has 17 heavy (non-hydrogen) atoms. The summed E-state index contributed by atoms with van der Waals surface area (Å²) in [4.78, 5) is 12.1. The third-order valence-corrected chi connectivity index (χ3v) is 4.09. The lowest BCUT2D eigenvalue weighted by atomic mass is 10.1. The molecule has 0 saturated heterocycles. The Morgan fingerprint density at radius 2 is 2.29 bits per heavy atom. The molecule has 0 heterocycles. The zero-order valence-electron chi connectivity index (χ0n) is 10.00. The first-order valence-corrected chi connectivity index (χ1v) is 7.62. The summed E-state index contributed by atoms with van der Waals surface area (Å²) in [5.74, 6) is 0.840. The fraction of sp³-hybridized carbons (Fsp3) is 0.417. The van der Waals surface area contributed by atoms with Gasteiger partial charge >= 0.3 is 0 Å². The van der Waals surface area contributed by atoms with Gasteiger partial charge < -0.3 is 11.1 Å². The van der Waals surface area contributed by atoms with Gasteiger partial charge in [-0.05, 0) is 40.7 Å². The normalized spacial score (nSPS) is 12.2. The molecule has 1 amide bonds. The van der Waals surface area contributed by atoms with Crippen molar-refractivity contribution in [1.82, 2.24) is 5.32 Å². The molecule has 0 aliphatic carbocycles. The van der Waals surface area contributed by atoms with Gasteiger partial charge in [-0.2, -0.15) is 11.8 Å². The molecule has 0 aliphatic heterocycles. The van der Waals surface area contributed by atoms with Gasteiger partial charge in [-0.25, -0.2) is 0 Å². The Morgan fingerprint density at radius 1 is 1.59 bits per heavy atom. The van der Waals surface area contributed by atoms with E-state index < -0.39 is 0 Å². The van der Waals surface area contributed by atoms with Gasteiger partial charge in [-0.1, -0.05) is 13.0 Å². The van der Waals surface area contributed by atoms with Crippen molar-refractivity contribution < 1.29 is 4.79 Å². The average Bonchev–Trinajstić information content (AvgIpc) is 2.31. The number of nitrogens with two attached hydrogens (primary N) is 1. The number of amides is 1. The third kappa shape index (κ3) is 3.92. The number of rotatable bonds is 5. The molecule has 0 aliphatic rings. The fourth-order valence-corrected chi connectivity index (χ4v) is 2.62. The smallest absolute Gasteiger partial charge is 0.252 e. The third-order valence-electron chi connectivity index (χ3n) is 2.47. The van der Waals surface area contributed by atoms with Gasteiger partial charge in [0.05, 0.1) is 10.0 Å². The van der Waals surface area contributed by atoms with E-state index in [1.54, 1.807) is 30.0 Å². The minimum atomic E-state index is -0.0786. The predicted octanol–water partition coefficient (Wildman–Crippen LogP) is 2.90. The van der Waals surface area contributed by atoms with Crippen molar-refractivity contribution >= 4 is 39.3 Å². The SMILES string of the molecule is CCC(CSC)NC(=O)c1cccc(N)c1Br. The van der Waals surface area contributed by atoms with Crippen LogP contribution in [0.4, 0.5) is 5.69 Å². The largest absolute Gasteiger partial charge is 0.398 e. The number of anilines is 1. The van der Waals surface area contributed by atoms with Gasteiger partial charge in [0.25, 0.3) is 5.91 Å². The van der Waals surface area contributed by atoms with E-state index in [0.29, 0.717) is 15.7 Å². The van der Waals surface area contributed by atoms with Crippen molar-refractivity contribution in [2.24, 2.45) is 0 Å². The standard InChI is InChI=1S/C12H17BrN2OS/c1-3-8(7-17-2)15-12(16)9-5-4-6-10(14)11(9)13/h4-6,8H,3,7,14H2,1-2H3,(H,15,16). The summed E-state index contributed by atoms with van der Waals surface area (Å²) in [5, 5.41) is 3.01. The van der Waals surface area contributed by atoms with Gasteiger partial charge in [0.1, 0.15) is 0 Å². The molecule has 94 valence electrons. The quantitative estimate of drug-likeness (QED) is 0.821. The summed E-state index contributed by atoms with van der Waals surface area (Å²) in [7, 11) is 0. The molecule has 1 aromatic rings. The highest BCUT2D eigenvalue weighted by Crippen LogP contribution is 2.23. The minimum Gasteiger partial charge on any atom is -0.398 e. The van der Waals surface area contributed by atoms with Crippen LogP contribution in [0.25, 0.3) is 0 Å². The van der Waals surface area contributed by atoms with E-state index in [0.717, 1.165) is 12.2 Å². The topological polar surface area (TPSA) is 55.1 Å². The Balaban J connectivity index is 2.79. The highest BCUT2D eigenvalue weighted by molar-refractivity contribution is 9.10. The van der Waals surface area contributed by atoms with Crippen LogP contribution >= 0.6 is 27.7 Å². The molecular formula is C12H17BrN2OS. The first kappa shape index (κ1) is 14.4. The molecule has 3 nitrogen and oxygen atoms in total. The molecule has 1 rings (SSSR count). The van der Waals surface area contributed by atoms with Crippen molar-refractivity contribution in [1.29, 1.82) is 0 Å². The summed E-state index contributed by atoms with van der Waals surface area (Å²) in [5.41, 5.74) is 6.92. The molecule has 5 heteroatoms. The van der Waals surface area contributed by atoms with Gasteiger partial charge in [-0.15, -0.1) is 0 Å². The van der Waals surface area contributed by atoms with Crippen LogP contribution in [0.2, 0.25) is 0 Å². The predicted molar refractivity (Wildman–Crippen MR) is 78.5 cm³/mol. The maximum Gasteiger partial charge on any atom is 0.252 e. The maximum absolute atomic E-state index is 12.1. The van der Waals surface area contributed by atoms with Crippen molar-refractivity contribution in [2.75, 3.05) is 17.7 Å². The number of carbonyl (C=O) groups is 1. The lowest BCUT2D eigenvalue weighted by molar-refractivity contribution is 0.0939. The van der Waals surface area contributed by atoms with Crippen LogP contribution in [-0.4, -0.2) is 24.0 Å². The first-order chi connectivity index (χ1) is 8.10. The summed E-state index contributed by atoms with van der Waals surface area (Å²) >= 11 is 5.07. The molecule has 0 bridgehead atoms. The van der Waals surface area contributed by atoms with Crippen LogP contribution in [0.3, 0.4) is 0 Å². The molecule has 0 fully saturated rings. The average molecular weight is 317 g/mol. The van der Waals surface area contributed by atoms with Gasteiger partial charge in [0.2, 0.25) is 0 Å². The van der Waals surface area contributed by atoms with Crippen LogP contribution in [0, 0.1) is 0 Å². The number of nitrogen functional groups attached to an aromatic ring is 1. The number of nitrogens with one attached hydrogen (secondary N) is 1. The van der Waals surface area contributed by atoms with E-state index in [2.05, 4.69) is 28.2 Å². The van der Waals surface area contributed by atoms with Crippen molar-refractivity contribution in [3.05, 3.63) is 28.2 Å². The Hall–Kier alpha value is -0.680. The number of hydrogen-bond acceptors (Lipinski definition) is 3. The summed E-state index contributed by atoms with van der Waals surface area (Å²) in [6, 6.07) is 5.51. The van der Waals surface area contributed by atoms with Gasteiger partial charge in [0.15, 0.2) is 0 Å². The molecule has 1 aromatic carbocycles. The van der Waals surface area contributed by atoms with E-state index >= 15 is 0 Å². The van der Waals surface area contributed by atoms with E-state index in [-0.39, 0.29) is 11.9 Å². The molecular weight excluding hydrogens is 300 g/mol. The Kier molecular flexibility index (Phi) is 5.85. The Labute approximate surface area is 115 Å². The van der Waals surface area contributed by atoms with Crippen molar-refractivity contribution in [3.63, 3.8) is 0 Å². The molecule has 1 unspecified atom stereocenters. The van der Waals surface area contributed by atoms with Crippen LogP contribution < -0.4 is 11.1 Å². The van der Waals surface area contributed by atoms with E-state index in [4.69, 9.17) is 5.73 Å². The minimum absolute atomic E-state index is 0.0786. The van der Waals surface area contributed by atoms with Crippen LogP contribution in [0.15, 0.2) is 22.7 Å². The van der Waals surface area contributed by atoms with E-state index in [9.17, 15) is 4.79 Å². The van der Waals surface area contributed by atoms with E-state index in [1.165, 1.54) is 0 Å². The first-order valence-electron chi connectivity index (χ1n) is 5.44. The number of thioether (sulfide) groups is 1. The highest BCUT2D eigenvalue weighted by Gasteiger charge is 2.15. The van der Waals surface area contributed by atoms with Gasteiger partial charge in [-0.3, -0.25) is 4.79 Å². The summed E-state index contributed by atoms with van der Waals surface area (Å²) < 4.78 is 0.663. The monoisotopic (exact) mass is 316 g/mol. The maximum atomic E-state index is 12.1. The zero-order valence-corrected chi connectivity index (χ0v) is 12.4. The van der Waals surface area contributed by atoms with Crippen molar-refractivity contribution in [3.8, 4) is 0 Å². The fourth-order valence-electron chi connectivity index (χ4n) is 1.45. The molecule has 0 saturated carbocycles. The van der Waals surface area contributed by atoms with Crippen LogP contribution in [0.1, 0.15) is 23.7 Å². The van der Waals surface area contributed by atoms with Crippen molar-refractivity contribution in [2.45, 2.75) is 19.4 Å². The van der Waals surface area contributed by atoms with Gasteiger partial charge in [0, 0.05) is 17.5 Å². The second kappa shape index (κ2) is 6.91. The molecule has 3 N–H and O–H groups in total. The highest BCUT2D eigenvalue weighted by atomic mass is 79.9. The lowest BCUT2D eigenvalue weighted by Crippen LogP contribution is -2.36. The van der Waals surface area contributed by atoms with E-state index in [1.807, 2.05) is 6.26 Å². The number of halogens is 1. The summed E-state index contributed by atoms with van der Waals surface area (Å²) in [6.45, 7) is 2.07. The van der Waals surface area contributed by atoms with Crippen LogP contribution in [-0.2, 0) is 0 Å². The second-order valence-corrected chi connectivity index (χ2v) is 5.45. The zero-order chi connectivity index (χ0) is 12.8. The number of hydrogen-bond donors (Lipinski definition) is 2. The molecule has 0 aromatic heterocycles. The Morgan fingerprint density at radius 3 is 2.88 bits per heavy atom.